The second-order valence-corrected chi connectivity index (χ2v) is 4.99. The lowest BCUT2D eigenvalue weighted by Gasteiger charge is -2.41. The van der Waals surface area contributed by atoms with E-state index < -0.39 is 4.92 Å². The van der Waals surface area contributed by atoms with Gasteiger partial charge >= 0.3 is 0 Å². The van der Waals surface area contributed by atoms with E-state index in [0.29, 0.717) is 23.7 Å². The average molecular weight is 292 g/mol. The van der Waals surface area contributed by atoms with Gasteiger partial charge in [-0.05, 0) is 19.4 Å². The van der Waals surface area contributed by atoms with E-state index in [-0.39, 0.29) is 23.9 Å². The summed E-state index contributed by atoms with van der Waals surface area (Å²) in [6.07, 6.45) is 0.825. The predicted octanol–water partition coefficient (Wildman–Crippen LogP) is 1.65. The first kappa shape index (κ1) is 13.8. The monoisotopic (exact) mass is 292 g/mol. The lowest BCUT2D eigenvalue weighted by atomic mass is 9.83. The van der Waals surface area contributed by atoms with Crippen molar-refractivity contribution in [3.05, 3.63) is 28.3 Å². The first-order valence-electron chi connectivity index (χ1n) is 6.77. The van der Waals surface area contributed by atoms with E-state index in [1.54, 1.807) is 6.07 Å². The van der Waals surface area contributed by atoms with Gasteiger partial charge in [-0.2, -0.15) is 4.98 Å². The summed E-state index contributed by atoms with van der Waals surface area (Å²) in [5, 5.41) is 13.8. The number of ether oxygens (including phenoxy) is 1. The van der Waals surface area contributed by atoms with E-state index in [1.807, 2.05) is 6.92 Å². The number of non-ortho nitro benzene ring substituents is 1. The Morgan fingerprint density at radius 1 is 1.62 bits per heavy atom. The Labute approximate surface area is 120 Å². The average Bonchev–Trinajstić information content (AvgIpc) is 2.86. The number of anilines is 1. The molecule has 112 valence electrons. The number of aromatic nitrogens is 1. The molecule has 1 fully saturated rings. The second-order valence-electron chi connectivity index (χ2n) is 4.99. The smallest absolute Gasteiger partial charge is 0.296 e. The van der Waals surface area contributed by atoms with Crippen molar-refractivity contribution in [1.82, 2.24) is 4.98 Å². The molecular formula is C13H16N4O4. The van der Waals surface area contributed by atoms with Crippen LogP contribution in [0, 0.1) is 10.1 Å². The highest BCUT2D eigenvalue weighted by molar-refractivity contribution is 5.77. The van der Waals surface area contributed by atoms with Crippen molar-refractivity contribution < 1.29 is 14.1 Å². The molecule has 8 nitrogen and oxygen atoms in total. The predicted molar refractivity (Wildman–Crippen MR) is 76.1 cm³/mol. The molecule has 3 N–H and O–H groups in total. The van der Waals surface area contributed by atoms with Crippen molar-refractivity contribution in [2.24, 2.45) is 5.73 Å². The molecule has 1 aromatic heterocycles. The van der Waals surface area contributed by atoms with Crippen molar-refractivity contribution in [2.75, 3.05) is 11.9 Å². The Bertz CT molecular complexity index is 669. The van der Waals surface area contributed by atoms with Crippen LogP contribution in [0.15, 0.2) is 22.6 Å². The molecule has 1 heterocycles. The number of hydrogen-bond acceptors (Lipinski definition) is 7. The standard InChI is InChI=1S/C13H16N4O4/c1-2-20-11-6-8(14)12(11)16-13-15-9-4-3-7(17(18)19)5-10(9)21-13/h3-5,8,11-12H,2,6,14H2,1H3,(H,15,16). The van der Waals surface area contributed by atoms with Gasteiger partial charge in [0.1, 0.15) is 5.52 Å². The first-order valence-corrected chi connectivity index (χ1v) is 6.77. The van der Waals surface area contributed by atoms with E-state index in [2.05, 4.69) is 10.3 Å². The maximum atomic E-state index is 10.7. The van der Waals surface area contributed by atoms with Crippen molar-refractivity contribution in [3.63, 3.8) is 0 Å². The van der Waals surface area contributed by atoms with Crippen LogP contribution in [-0.2, 0) is 4.74 Å². The van der Waals surface area contributed by atoms with Crippen LogP contribution in [0.25, 0.3) is 11.1 Å². The summed E-state index contributed by atoms with van der Waals surface area (Å²) in [5.74, 6) is 0. The molecule has 2 aromatic rings. The van der Waals surface area contributed by atoms with Gasteiger partial charge in [0.05, 0.1) is 23.1 Å². The van der Waals surface area contributed by atoms with Gasteiger partial charge in [0.25, 0.3) is 11.7 Å². The molecule has 0 aliphatic heterocycles. The van der Waals surface area contributed by atoms with Crippen LogP contribution in [0.3, 0.4) is 0 Å². The van der Waals surface area contributed by atoms with Gasteiger partial charge in [-0.1, -0.05) is 0 Å². The molecule has 1 aliphatic carbocycles. The number of nitrogens with one attached hydrogen (secondary N) is 1. The number of nitro benzene ring substituents is 1. The Kier molecular flexibility index (Phi) is 3.48. The van der Waals surface area contributed by atoms with Crippen LogP contribution in [0.5, 0.6) is 0 Å². The molecule has 8 heteroatoms. The molecule has 0 saturated heterocycles. The van der Waals surface area contributed by atoms with E-state index >= 15 is 0 Å². The summed E-state index contributed by atoms with van der Waals surface area (Å²) < 4.78 is 11.1. The lowest BCUT2D eigenvalue weighted by Crippen LogP contribution is -2.60. The van der Waals surface area contributed by atoms with Gasteiger partial charge in [-0.3, -0.25) is 10.1 Å². The zero-order valence-corrected chi connectivity index (χ0v) is 11.5. The van der Waals surface area contributed by atoms with Crippen molar-refractivity contribution in [3.8, 4) is 0 Å². The van der Waals surface area contributed by atoms with Gasteiger partial charge in [-0.25, -0.2) is 0 Å². The lowest BCUT2D eigenvalue weighted by molar-refractivity contribution is -0.384. The number of nitro groups is 1. The molecular weight excluding hydrogens is 276 g/mol. The SMILES string of the molecule is CCOC1CC(N)C1Nc1nc2ccc([N+](=O)[O-])cc2o1. The Morgan fingerprint density at radius 3 is 3.10 bits per heavy atom. The van der Waals surface area contributed by atoms with Crippen molar-refractivity contribution in [2.45, 2.75) is 31.5 Å². The van der Waals surface area contributed by atoms with Crippen LogP contribution >= 0.6 is 0 Å². The number of nitrogens with zero attached hydrogens (tertiary/aromatic N) is 2. The zero-order chi connectivity index (χ0) is 15.0. The third-order valence-corrected chi connectivity index (χ3v) is 3.62. The van der Waals surface area contributed by atoms with Crippen LogP contribution in [-0.4, -0.2) is 34.7 Å². The highest BCUT2D eigenvalue weighted by Crippen LogP contribution is 2.28. The summed E-state index contributed by atoms with van der Waals surface area (Å²) in [7, 11) is 0. The number of hydrogen-bond donors (Lipinski definition) is 2. The van der Waals surface area contributed by atoms with Gasteiger partial charge in [-0.15, -0.1) is 0 Å². The first-order chi connectivity index (χ1) is 10.1. The molecule has 1 aliphatic rings. The minimum Gasteiger partial charge on any atom is -0.423 e. The van der Waals surface area contributed by atoms with Gasteiger partial charge in [0.2, 0.25) is 0 Å². The Hall–Kier alpha value is -2.19. The molecule has 3 atom stereocenters. The van der Waals surface area contributed by atoms with Gasteiger partial charge in [0, 0.05) is 18.7 Å². The van der Waals surface area contributed by atoms with E-state index in [4.69, 9.17) is 14.9 Å². The zero-order valence-electron chi connectivity index (χ0n) is 11.5. The van der Waals surface area contributed by atoms with Crippen molar-refractivity contribution in [1.29, 1.82) is 0 Å². The molecule has 21 heavy (non-hydrogen) atoms. The second kappa shape index (κ2) is 5.30. The number of fused-ring (bicyclic) bond motifs is 1. The van der Waals surface area contributed by atoms with Crippen molar-refractivity contribution >= 4 is 22.8 Å². The Morgan fingerprint density at radius 2 is 2.43 bits per heavy atom. The molecule has 0 radical (unpaired) electrons. The number of nitrogens with two attached hydrogens (primary N) is 1. The molecule has 3 unspecified atom stereocenters. The number of rotatable bonds is 5. The summed E-state index contributed by atoms with van der Waals surface area (Å²) in [6.45, 7) is 2.55. The Balaban J connectivity index is 1.79. The minimum absolute atomic E-state index is 0.0223. The van der Waals surface area contributed by atoms with Crippen LogP contribution in [0.1, 0.15) is 13.3 Å². The molecule has 1 saturated carbocycles. The maximum absolute atomic E-state index is 10.7. The third-order valence-electron chi connectivity index (χ3n) is 3.62. The fraction of sp³-hybridized carbons (Fsp3) is 0.462. The maximum Gasteiger partial charge on any atom is 0.296 e. The fourth-order valence-electron chi connectivity index (χ4n) is 2.46. The normalized spacial score (nSPS) is 24.8. The highest BCUT2D eigenvalue weighted by atomic mass is 16.6. The molecule has 0 amide bonds. The summed E-state index contributed by atoms with van der Waals surface area (Å²) in [4.78, 5) is 14.5. The fourth-order valence-corrected chi connectivity index (χ4v) is 2.46. The summed E-state index contributed by atoms with van der Waals surface area (Å²) in [6, 6.07) is 4.53. The molecule has 0 bridgehead atoms. The van der Waals surface area contributed by atoms with E-state index in [0.717, 1.165) is 6.42 Å². The van der Waals surface area contributed by atoms with Gasteiger partial charge in [0.15, 0.2) is 5.58 Å². The molecule has 3 rings (SSSR count). The number of benzene rings is 1. The largest absolute Gasteiger partial charge is 0.423 e. The molecule has 0 spiro atoms. The van der Waals surface area contributed by atoms with Gasteiger partial charge < -0.3 is 20.2 Å². The number of oxazole rings is 1. The van der Waals surface area contributed by atoms with Crippen LogP contribution in [0.2, 0.25) is 0 Å². The minimum atomic E-state index is -0.470. The van der Waals surface area contributed by atoms with E-state index in [9.17, 15) is 10.1 Å². The molecule has 1 aromatic carbocycles. The summed E-state index contributed by atoms with van der Waals surface area (Å²) >= 11 is 0. The topological polar surface area (TPSA) is 116 Å². The highest BCUT2D eigenvalue weighted by Gasteiger charge is 2.40. The van der Waals surface area contributed by atoms with E-state index in [1.165, 1.54) is 12.1 Å². The van der Waals surface area contributed by atoms with Crippen LogP contribution in [0.4, 0.5) is 11.7 Å². The third kappa shape index (κ3) is 2.55. The summed E-state index contributed by atoms with van der Waals surface area (Å²) in [5.41, 5.74) is 6.85. The van der Waals surface area contributed by atoms with Crippen LogP contribution < -0.4 is 11.1 Å². The quantitative estimate of drug-likeness (QED) is 0.635.